The maximum absolute atomic E-state index is 13.5. The van der Waals surface area contributed by atoms with Crippen LogP contribution in [0.2, 0.25) is 0 Å². The number of amides is 4. The van der Waals surface area contributed by atoms with Gasteiger partial charge in [0, 0.05) is 59.2 Å². The zero-order chi connectivity index (χ0) is 49.2. The molecule has 0 saturated heterocycles. The van der Waals surface area contributed by atoms with Crippen LogP contribution >= 0.6 is 0 Å². The molecule has 8 rings (SSSR count). The van der Waals surface area contributed by atoms with E-state index in [1.807, 2.05) is 62.4 Å². The van der Waals surface area contributed by atoms with Gasteiger partial charge in [0.25, 0.3) is 43.9 Å². The van der Waals surface area contributed by atoms with Crippen LogP contribution < -0.4 is 20.1 Å². The third-order valence-electron chi connectivity index (χ3n) is 11.1. The van der Waals surface area contributed by atoms with Gasteiger partial charge in [0.15, 0.2) is 0 Å². The predicted octanol–water partition coefficient (Wildman–Crippen LogP) is 6.89. The lowest BCUT2D eigenvalue weighted by Crippen LogP contribution is -2.44. The van der Waals surface area contributed by atoms with Crippen LogP contribution in [0.4, 0.5) is 0 Å². The first-order valence-electron chi connectivity index (χ1n) is 21.5. The van der Waals surface area contributed by atoms with Gasteiger partial charge < -0.3 is 20.1 Å². The fourth-order valence-electron chi connectivity index (χ4n) is 7.48. The summed E-state index contributed by atoms with van der Waals surface area (Å²) in [5.41, 5.74) is 5.44. The Kier molecular flexibility index (Phi) is 16.6. The number of ether oxygens (including phenoxy) is 2. The van der Waals surface area contributed by atoms with Crippen LogP contribution in [0.1, 0.15) is 76.5 Å². The predicted molar refractivity (Wildman–Crippen MR) is 255 cm³/mol. The van der Waals surface area contributed by atoms with Gasteiger partial charge in [-0.05, 0) is 124 Å². The van der Waals surface area contributed by atoms with Gasteiger partial charge in [-0.2, -0.15) is 16.8 Å². The third-order valence-corrected chi connectivity index (χ3v) is 12.9. The fourth-order valence-corrected chi connectivity index (χ4v) is 8.44. The van der Waals surface area contributed by atoms with Crippen LogP contribution in [0.15, 0.2) is 131 Å². The number of aryl methyl sites for hydroxylation is 2. The highest BCUT2D eigenvalue weighted by atomic mass is 32.2. The first-order valence-corrected chi connectivity index (χ1v) is 24.4. The minimum atomic E-state index is -4.02. The maximum atomic E-state index is 13.5. The molecule has 4 N–H and O–H groups in total. The molecule has 68 heavy (non-hydrogen) atoms. The third kappa shape index (κ3) is 12.4. The van der Waals surface area contributed by atoms with E-state index in [1.54, 1.807) is 62.8 Å². The average Bonchev–Trinajstić information content (AvgIpc) is 3.32. The molecule has 4 amide bonds. The molecule has 2 aliphatic heterocycles. The molecule has 0 saturated carbocycles. The van der Waals surface area contributed by atoms with Crippen molar-refractivity contribution in [3.05, 3.63) is 166 Å². The van der Waals surface area contributed by atoms with E-state index in [2.05, 4.69) is 10.6 Å². The number of nitrogens with zero attached hydrogens (tertiary/aromatic N) is 2. The Morgan fingerprint density at radius 3 is 1.01 bits per heavy atom. The molecule has 16 nitrogen and oxygen atoms in total. The van der Waals surface area contributed by atoms with Gasteiger partial charge in [0.2, 0.25) is 0 Å². The van der Waals surface area contributed by atoms with E-state index < -0.39 is 43.9 Å². The molecule has 0 aliphatic carbocycles. The summed E-state index contributed by atoms with van der Waals surface area (Å²) in [6.07, 6.45) is 1.15. The summed E-state index contributed by atoms with van der Waals surface area (Å²) in [7, 11) is -4.78. The molecule has 6 aromatic rings. The van der Waals surface area contributed by atoms with Gasteiger partial charge in [-0.15, -0.1) is 0 Å². The van der Waals surface area contributed by atoms with E-state index in [0.29, 0.717) is 72.0 Å². The Morgan fingerprint density at radius 1 is 0.456 bits per heavy atom. The van der Waals surface area contributed by atoms with Crippen LogP contribution in [0.25, 0.3) is 10.8 Å². The second-order valence-corrected chi connectivity index (χ2v) is 18.8. The fraction of sp³-hybridized carbons (Fsp3) is 0.240. The van der Waals surface area contributed by atoms with E-state index in [1.165, 1.54) is 34.1 Å². The molecule has 0 atom stereocenters. The lowest BCUT2D eigenvalue weighted by atomic mass is 9.86. The molecule has 2 aliphatic rings. The second-order valence-electron chi connectivity index (χ2n) is 15.9. The lowest BCUT2D eigenvalue weighted by molar-refractivity contribution is 0.0587. The molecule has 0 aromatic heterocycles. The summed E-state index contributed by atoms with van der Waals surface area (Å²) in [4.78, 5) is 56.5. The molecule has 0 bridgehead atoms. The summed E-state index contributed by atoms with van der Waals surface area (Å²) >= 11 is 0. The summed E-state index contributed by atoms with van der Waals surface area (Å²) < 4.78 is 69.5. The smallest absolute Gasteiger partial charge is 0.294 e. The van der Waals surface area contributed by atoms with Gasteiger partial charge in [-0.25, -0.2) is 0 Å². The lowest BCUT2D eigenvalue weighted by Gasteiger charge is -2.32. The number of imide groups is 2. The summed E-state index contributed by atoms with van der Waals surface area (Å²) in [5, 5.41) is 7.47. The molecule has 18 heteroatoms. The highest BCUT2D eigenvalue weighted by molar-refractivity contribution is 7.86. The highest BCUT2D eigenvalue weighted by Crippen LogP contribution is 2.38. The topological polar surface area (TPSA) is 226 Å². The van der Waals surface area contributed by atoms with Crippen LogP contribution in [-0.4, -0.2) is 99.8 Å². The SMILES string of the molecule is COc1ccc(CNCCCN2C(=O)c3ccc4c5c(ccc(c35)C2=O)C(=O)N(CCCNCc2ccc(OC)cc2)C4=O)cc1.Cc1ccc(S(=O)(=O)O)cc1.Cc1ccc(S(=O)(=O)O)cc1. The number of carbonyl (C=O) groups excluding carboxylic acids is 4. The number of hydrogen-bond acceptors (Lipinski definition) is 12. The van der Waals surface area contributed by atoms with Crippen molar-refractivity contribution in [1.82, 2.24) is 20.4 Å². The molecule has 356 valence electrons. The molecule has 6 aromatic carbocycles. The molecule has 0 spiro atoms. The highest BCUT2D eigenvalue weighted by Gasteiger charge is 2.39. The quantitative estimate of drug-likeness (QED) is 0.0440. The van der Waals surface area contributed by atoms with Crippen molar-refractivity contribution in [2.75, 3.05) is 40.4 Å². The van der Waals surface area contributed by atoms with E-state index in [9.17, 15) is 36.0 Å². The standard InChI is InChI=1S/C36H36N4O6.2C7H8O3S/c1-45-25-9-5-23(6-10-25)21-37-17-3-19-39-33(41)27-13-15-29-32-30(16-14-28(31(27)32)34(39)42)36(44)40(35(29)43)20-4-18-38-22-24-7-11-26(46-2)12-8-24;2*1-6-2-4-7(5-3-6)11(8,9)10/h5-16,37-38H,3-4,17-22H2,1-2H3;2*2-5H,1H3,(H,8,9,10). The number of carbonyl (C=O) groups is 4. The average molecular weight is 965 g/mol. The Bertz CT molecular complexity index is 2740. The summed E-state index contributed by atoms with van der Waals surface area (Å²) in [5.74, 6) is -0.0727. The van der Waals surface area contributed by atoms with Crippen molar-refractivity contribution in [3.8, 4) is 11.5 Å². The molecule has 0 radical (unpaired) electrons. The number of methoxy groups -OCH3 is 2. The van der Waals surface area contributed by atoms with Crippen LogP contribution in [0, 0.1) is 13.8 Å². The normalized spacial score (nSPS) is 13.1. The molecular formula is C50H52N4O12S2. The summed E-state index contributed by atoms with van der Waals surface area (Å²) in [6.45, 7) is 6.70. The van der Waals surface area contributed by atoms with Crippen molar-refractivity contribution < 1.29 is 54.6 Å². The molecular weight excluding hydrogens is 913 g/mol. The first kappa shape index (κ1) is 50.6. The Morgan fingerprint density at radius 2 is 0.750 bits per heavy atom. The van der Waals surface area contributed by atoms with Crippen LogP contribution in [0.5, 0.6) is 11.5 Å². The van der Waals surface area contributed by atoms with Crippen molar-refractivity contribution in [2.45, 2.75) is 49.6 Å². The number of nitrogens with one attached hydrogen (secondary N) is 2. The van der Waals surface area contributed by atoms with E-state index in [-0.39, 0.29) is 22.9 Å². The van der Waals surface area contributed by atoms with Crippen LogP contribution in [-0.2, 0) is 33.3 Å². The van der Waals surface area contributed by atoms with Gasteiger partial charge in [0.1, 0.15) is 11.5 Å². The number of benzene rings is 6. The van der Waals surface area contributed by atoms with Gasteiger partial charge in [-0.1, -0.05) is 59.7 Å². The number of hydrogen-bond donors (Lipinski definition) is 4. The largest absolute Gasteiger partial charge is 0.497 e. The number of rotatable bonds is 16. The maximum Gasteiger partial charge on any atom is 0.294 e. The van der Waals surface area contributed by atoms with Crippen molar-refractivity contribution in [2.24, 2.45) is 0 Å². The van der Waals surface area contributed by atoms with Gasteiger partial charge in [-0.3, -0.25) is 38.1 Å². The Hall–Kier alpha value is -6.80. The van der Waals surface area contributed by atoms with E-state index in [4.69, 9.17) is 18.6 Å². The summed E-state index contributed by atoms with van der Waals surface area (Å²) in [6, 6.07) is 33.9. The second kappa shape index (κ2) is 22.3. The van der Waals surface area contributed by atoms with Gasteiger partial charge >= 0.3 is 0 Å². The zero-order valence-corrected chi connectivity index (χ0v) is 39.5. The van der Waals surface area contributed by atoms with E-state index in [0.717, 1.165) is 33.8 Å². The Balaban J connectivity index is 0.000000282. The Labute approximate surface area is 395 Å². The van der Waals surface area contributed by atoms with Crippen molar-refractivity contribution >= 4 is 54.6 Å². The minimum Gasteiger partial charge on any atom is -0.497 e. The zero-order valence-electron chi connectivity index (χ0n) is 37.9. The molecule has 0 fully saturated rings. The first-order chi connectivity index (χ1) is 32.4. The minimum absolute atomic E-state index is 0.0666. The van der Waals surface area contributed by atoms with E-state index >= 15 is 0 Å². The van der Waals surface area contributed by atoms with Crippen molar-refractivity contribution in [1.29, 1.82) is 0 Å². The van der Waals surface area contributed by atoms with Crippen LogP contribution in [0.3, 0.4) is 0 Å². The van der Waals surface area contributed by atoms with Gasteiger partial charge in [0.05, 0.1) is 24.0 Å². The molecule has 0 unspecified atom stereocenters. The molecule has 2 heterocycles. The monoisotopic (exact) mass is 964 g/mol. The van der Waals surface area contributed by atoms with Crippen molar-refractivity contribution in [3.63, 3.8) is 0 Å².